The van der Waals surface area contributed by atoms with Gasteiger partial charge in [-0.1, -0.05) is 36.4 Å². The van der Waals surface area contributed by atoms with Crippen LogP contribution in [-0.2, 0) is 14.8 Å². The highest BCUT2D eigenvalue weighted by molar-refractivity contribution is 7.90. The van der Waals surface area contributed by atoms with E-state index in [1.165, 1.54) is 25.3 Å². The molecule has 2 amide bonds. The molecule has 0 saturated heterocycles. The molecule has 0 aliphatic carbocycles. The van der Waals surface area contributed by atoms with Gasteiger partial charge < -0.3 is 14.8 Å². The van der Waals surface area contributed by atoms with Gasteiger partial charge in [-0.25, -0.2) is 22.9 Å². The maximum Gasteiger partial charge on any atom is 0.414 e. The summed E-state index contributed by atoms with van der Waals surface area (Å²) in [6.07, 6.45) is 0.390. The largest absolute Gasteiger partial charge is 0.414 e. The van der Waals surface area contributed by atoms with E-state index >= 15 is 0 Å². The van der Waals surface area contributed by atoms with Gasteiger partial charge >= 0.3 is 6.09 Å². The Morgan fingerprint density at radius 2 is 1.80 bits per heavy atom. The summed E-state index contributed by atoms with van der Waals surface area (Å²) in [5.41, 5.74) is -0.00838. The van der Waals surface area contributed by atoms with Crippen LogP contribution in [0.4, 0.5) is 4.79 Å². The number of hydrogen-bond acceptors (Lipinski definition) is 7. The lowest BCUT2D eigenvalue weighted by Crippen LogP contribution is -2.31. The van der Waals surface area contributed by atoms with Crippen LogP contribution in [0.15, 0.2) is 65.7 Å². The second-order valence-corrected chi connectivity index (χ2v) is 7.76. The fraction of sp³-hybridized carbons (Fsp3) is 0.150. The van der Waals surface area contributed by atoms with Crippen LogP contribution in [0.25, 0.3) is 10.8 Å². The van der Waals surface area contributed by atoms with Crippen molar-refractivity contribution in [1.29, 1.82) is 0 Å². The third-order valence-corrected chi connectivity index (χ3v) is 5.43. The molecule has 3 rings (SSSR count). The van der Waals surface area contributed by atoms with E-state index in [4.69, 9.17) is 9.47 Å². The smallest absolute Gasteiger partial charge is 0.391 e. The monoisotopic (exact) mass is 429 g/mol. The molecule has 0 aliphatic heterocycles. The number of amides is 2. The van der Waals surface area contributed by atoms with Crippen LogP contribution in [0.2, 0.25) is 0 Å². The Kier molecular flexibility index (Phi) is 6.60. The zero-order chi connectivity index (χ0) is 21.6. The number of sulfonamides is 1. The average molecular weight is 429 g/mol. The first kappa shape index (κ1) is 21.2. The number of pyridine rings is 1. The number of benzene rings is 2. The number of methoxy groups -OCH3 is 1. The van der Waals surface area contributed by atoms with E-state index in [1.54, 1.807) is 36.4 Å². The molecule has 9 nitrogen and oxygen atoms in total. The second-order valence-electron chi connectivity index (χ2n) is 6.11. The van der Waals surface area contributed by atoms with E-state index in [0.29, 0.717) is 12.0 Å². The van der Waals surface area contributed by atoms with Crippen molar-refractivity contribution >= 4 is 32.8 Å². The molecule has 156 valence electrons. The third-order valence-electron chi connectivity index (χ3n) is 4.04. The Balaban J connectivity index is 1.70. The van der Waals surface area contributed by atoms with Gasteiger partial charge in [-0.3, -0.25) is 4.79 Å². The Morgan fingerprint density at radius 3 is 2.53 bits per heavy atom. The minimum absolute atomic E-state index is 0.00501. The van der Waals surface area contributed by atoms with E-state index in [0.717, 1.165) is 11.6 Å². The van der Waals surface area contributed by atoms with E-state index in [1.807, 2.05) is 4.72 Å². The van der Waals surface area contributed by atoms with Gasteiger partial charge in [-0.15, -0.1) is 0 Å². The molecule has 0 radical (unpaired) electrons. The van der Waals surface area contributed by atoms with Crippen LogP contribution in [-0.4, -0.2) is 45.7 Å². The quantitative estimate of drug-likeness (QED) is 0.551. The summed E-state index contributed by atoms with van der Waals surface area (Å²) in [5.74, 6) is -0.898. The number of rotatable bonds is 7. The molecule has 2 aromatic carbocycles. The SMILES string of the molecule is COCCNC(=O)Oc1ccc(C(=O)NS(=O)(=O)c2cccc3ccccc23)cn1. The van der Waals surface area contributed by atoms with Crippen molar-refractivity contribution < 1.29 is 27.5 Å². The lowest BCUT2D eigenvalue weighted by Gasteiger charge is -2.10. The van der Waals surface area contributed by atoms with Gasteiger partial charge in [0.2, 0.25) is 5.88 Å². The summed E-state index contributed by atoms with van der Waals surface area (Å²) < 4.78 is 37.2. The minimum atomic E-state index is -4.11. The van der Waals surface area contributed by atoms with Crippen molar-refractivity contribution in [2.45, 2.75) is 4.90 Å². The van der Waals surface area contributed by atoms with Gasteiger partial charge in [0.1, 0.15) is 0 Å². The van der Waals surface area contributed by atoms with E-state index in [9.17, 15) is 18.0 Å². The number of nitrogens with one attached hydrogen (secondary N) is 2. The zero-order valence-electron chi connectivity index (χ0n) is 16.0. The molecular formula is C20H19N3O6S. The third kappa shape index (κ3) is 5.10. The summed E-state index contributed by atoms with van der Waals surface area (Å²) in [4.78, 5) is 27.8. The molecule has 0 bridgehead atoms. The Morgan fingerprint density at radius 1 is 1.03 bits per heavy atom. The number of carbonyl (C=O) groups excluding carboxylic acids is 2. The molecule has 0 unspecified atom stereocenters. The number of nitrogens with zero attached hydrogens (tertiary/aromatic N) is 1. The van der Waals surface area contributed by atoms with E-state index in [-0.39, 0.29) is 22.9 Å². The fourth-order valence-corrected chi connectivity index (χ4v) is 3.83. The van der Waals surface area contributed by atoms with Crippen LogP contribution in [0.1, 0.15) is 10.4 Å². The lowest BCUT2D eigenvalue weighted by molar-refractivity contribution is 0.0981. The van der Waals surface area contributed by atoms with Gasteiger partial charge in [0.05, 0.1) is 17.1 Å². The summed E-state index contributed by atoms with van der Waals surface area (Å²) >= 11 is 0. The molecule has 1 heterocycles. The normalized spacial score (nSPS) is 11.1. The molecule has 30 heavy (non-hydrogen) atoms. The summed E-state index contributed by atoms with van der Waals surface area (Å²) in [6, 6.07) is 14.4. The first-order chi connectivity index (χ1) is 14.4. The van der Waals surface area contributed by atoms with E-state index in [2.05, 4.69) is 10.3 Å². The maximum atomic E-state index is 12.7. The number of fused-ring (bicyclic) bond motifs is 1. The van der Waals surface area contributed by atoms with Crippen LogP contribution < -0.4 is 14.8 Å². The molecule has 1 aromatic heterocycles. The van der Waals surface area contributed by atoms with Crippen molar-refractivity contribution in [3.8, 4) is 5.88 Å². The molecule has 3 aromatic rings. The predicted octanol–water partition coefficient (Wildman–Crippen LogP) is 2.09. The molecule has 0 saturated carbocycles. The highest BCUT2D eigenvalue weighted by Crippen LogP contribution is 2.22. The summed E-state index contributed by atoms with van der Waals surface area (Å²) in [6.45, 7) is 0.592. The first-order valence-electron chi connectivity index (χ1n) is 8.86. The topological polar surface area (TPSA) is 124 Å². The van der Waals surface area contributed by atoms with Crippen LogP contribution >= 0.6 is 0 Å². The van der Waals surface area contributed by atoms with Crippen molar-refractivity contribution in [3.05, 3.63) is 66.4 Å². The maximum absolute atomic E-state index is 12.7. The number of hydrogen-bond donors (Lipinski definition) is 2. The highest BCUT2D eigenvalue weighted by atomic mass is 32.2. The molecule has 0 fully saturated rings. The highest BCUT2D eigenvalue weighted by Gasteiger charge is 2.21. The minimum Gasteiger partial charge on any atom is -0.391 e. The molecule has 0 atom stereocenters. The Bertz CT molecular complexity index is 1160. The van der Waals surface area contributed by atoms with Crippen LogP contribution in [0, 0.1) is 0 Å². The Labute approximate surface area is 173 Å². The average Bonchev–Trinajstić information content (AvgIpc) is 2.73. The van der Waals surface area contributed by atoms with Crippen LogP contribution in [0.5, 0.6) is 5.88 Å². The second kappa shape index (κ2) is 9.33. The van der Waals surface area contributed by atoms with Crippen LogP contribution in [0.3, 0.4) is 0 Å². The number of aromatic nitrogens is 1. The number of ether oxygens (including phenoxy) is 2. The molecule has 0 aliphatic rings. The van der Waals surface area contributed by atoms with Gasteiger partial charge in [-0.2, -0.15) is 0 Å². The Hall–Kier alpha value is -3.50. The lowest BCUT2D eigenvalue weighted by atomic mass is 10.1. The van der Waals surface area contributed by atoms with E-state index < -0.39 is 22.0 Å². The van der Waals surface area contributed by atoms with Gasteiger partial charge in [0.25, 0.3) is 15.9 Å². The number of carbonyl (C=O) groups is 2. The molecule has 10 heteroatoms. The predicted molar refractivity (Wildman–Crippen MR) is 109 cm³/mol. The first-order valence-corrected chi connectivity index (χ1v) is 10.3. The van der Waals surface area contributed by atoms with Crippen molar-refractivity contribution in [2.75, 3.05) is 20.3 Å². The van der Waals surface area contributed by atoms with Gasteiger partial charge in [-0.05, 0) is 17.5 Å². The summed E-state index contributed by atoms with van der Waals surface area (Å²) in [5, 5.41) is 3.69. The van der Waals surface area contributed by atoms with Crippen molar-refractivity contribution in [2.24, 2.45) is 0 Å². The van der Waals surface area contributed by atoms with Gasteiger partial charge in [0.15, 0.2) is 0 Å². The molecule has 2 N–H and O–H groups in total. The summed E-state index contributed by atoms with van der Waals surface area (Å²) in [7, 11) is -2.61. The van der Waals surface area contributed by atoms with Crippen molar-refractivity contribution in [3.63, 3.8) is 0 Å². The molecule has 0 spiro atoms. The fourth-order valence-electron chi connectivity index (χ4n) is 2.63. The van der Waals surface area contributed by atoms with Gasteiger partial charge in [0, 0.05) is 31.3 Å². The molecular weight excluding hydrogens is 410 g/mol. The zero-order valence-corrected chi connectivity index (χ0v) is 16.8. The standard InChI is InChI=1S/C20H19N3O6S/c1-28-12-11-21-20(25)29-18-10-9-15(13-22-18)19(24)23-30(26,27)17-8-4-6-14-5-2-3-7-16(14)17/h2-10,13H,11-12H2,1H3,(H,21,25)(H,23,24). The van der Waals surface area contributed by atoms with Crippen molar-refractivity contribution in [1.82, 2.24) is 15.0 Å².